The molecule has 3 nitrogen and oxygen atoms in total. The Kier molecular flexibility index (Phi) is 3.15. The zero-order valence-electron chi connectivity index (χ0n) is 11.5. The number of rotatable bonds is 1. The van der Waals surface area contributed by atoms with Crippen LogP contribution in [0.3, 0.4) is 0 Å². The molecule has 0 spiro atoms. The van der Waals surface area contributed by atoms with Crippen molar-refractivity contribution in [1.82, 2.24) is 5.32 Å². The fourth-order valence-electron chi connectivity index (χ4n) is 2.63. The maximum atomic E-state index is 14.2. The molecular weight excluding hydrogens is 289 g/mol. The molecule has 0 amide bonds. The van der Waals surface area contributed by atoms with E-state index in [1.807, 2.05) is 25.1 Å². The van der Waals surface area contributed by atoms with Gasteiger partial charge in [0.25, 0.3) is 0 Å². The minimum atomic E-state index is -1.21. The molecule has 0 aliphatic carbocycles. The van der Waals surface area contributed by atoms with E-state index in [1.165, 1.54) is 18.2 Å². The van der Waals surface area contributed by atoms with Crippen LogP contribution in [0.4, 0.5) is 10.1 Å². The third-order valence-corrected chi connectivity index (χ3v) is 4.08. The van der Waals surface area contributed by atoms with Crippen molar-refractivity contribution in [2.45, 2.75) is 12.6 Å². The summed E-state index contributed by atoms with van der Waals surface area (Å²) in [6.45, 7) is 1.92. The molecule has 108 valence electrons. The van der Waals surface area contributed by atoms with Crippen molar-refractivity contribution < 1.29 is 4.39 Å². The summed E-state index contributed by atoms with van der Waals surface area (Å²) in [5, 5.41) is 3.45. The number of halogens is 2. The van der Waals surface area contributed by atoms with Crippen molar-refractivity contribution in [3.8, 4) is 0 Å². The summed E-state index contributed by atoms with van der Waals surface area (Å²) in [6, 6.07) is 8.07. The van der Waals surface area contributed by atoms with Crippen LogP contribution >= 0.6 is 11.6 Å². The lowest BCUT2D eigenvalue weighted by Gasteiger charge is -2.36. The van der Waals surface area contributed by atoms with Crippen molar-refractivity contribution in [2.75, 3.05) is 5.73 Å². The topological polar surface area (TPSA) is 64.1 Å². The van der Waals surface area contributed by atoms with Crippen LogP contribution in [0.5, 0.6) is 0 Å². The number of nitrogen functional groups attached to an aromatic ring is 1. The molecule has 1 heterocycles. The lowest BCUT2D eigenvalue weighted by molar-refractivity contribution is 0.444. The smallest absolute Gasteiger partial charge is 0.142 e. The molecule has 5 N–H and O–H groups in total. The number of benzene rings is 2. The number of aryl methyl sites for hydroxylation is 1. The Morgan fingerprint density at radius 1 is 1.19 bits per heavy atom. The lowest BCUT2D eigenvalue weighted by atomic mass is 9.84. The summed E-state index contributed by atoms with van der Waals surface area (Å²) in [4.78, 5) is 0. The van der Waals surface area contributed by atoms with Gasteiger partial charge in [-0.1, -0.05) is 23.7 Å². The van der Waals surface area contributed by atoms with Gasteiger partial charge in [0.05, 0.1) is 0 Å². The minimum absolute atomic E-state index is 0.281. The van der Waals surface area contributed by atoms with Gasteiger partial charge in [-0.3, -0.25) is 0 Å². The van der Waals surface area contributed by atoms with Gasteiger partial charge in [-0.15, -0.1) is 0 Å². The number of anilines is 1. The molecule has 0 saturated carbocycles. The van der Waals surface area contributed by atoms with Gasteiger partial charge in [0.15, 0.2) is 0 Å². The Bertz CT molecular complexity index is 757. The van der Waals surface area contributed by atoms with Crippen LogP contribution in [0.1, 0.15) is 22.3 Å². The fourth-order valence-corrected chi connectivity index (χ4v) is 2.80. The quantitative estimate of drug-likeness (QED) is 0.709. The van der Waals surface area contributed by atoms with E-state index < -0.39 is 11.5 Å². The summed E-state index contributed by atoms with van der Waals surface area (Å²) in [7, 11) is 0. The highest BCUT2D eigenvalue weighted by atomic mass is 35.5. The monoisotopic (exact) mass is 303 g/mol. The summed E-state index contributed by atoms with van der Waals surface area (Å²) >= 11 is 5.99. The second-order valence-corrected chi connectivity index (χ2v) is 5.60. The summed E-state index contributed by atoms with van der Waals surface area (Å²) in [6.07, 6.45) is 3.52. The molecule has 21 heavy (non-hydrogen) atoms. The summed E-state index contributed by atoms with van der Waals surface area (Å²) in [5.74, 6) is -0.421. The van der Waals surface area contributed by atoms with Crippen LogP contribution in [0.15, 0.2) is 36.5 Å². The zero-order chi connectivity index (χ0) is 15.2. The standard InChI is InChI=1S/C16H15ClFN3/c1-9-2-4-12-11(15(9)19)6-7-21-16(12,20)13-8-10(17)3-5-14(13)18/h2-8,21H,19-20H2,1H3. The molecule has 3 rings (SSSR count). The van der Waals surface area contributed by atoms with E-state index in [0.29, 0.717) is 16.3 Å². The van der Waals surface area contributed by atoms with Crippen LogP contribution in [0, 0.1) is 12.7 Å². The van der Waals surface area contributed by atoms with Crippen LogP contribution < -0.4 is 16.8 Å². The average molecular weight is 304 g/mol. The van der Waals surface area contributed by atoms with Crippen molar-refractivity contribution in [2.24, 2.45) is 5.73 Å². The van der Waals surface area contributed by atoms with Gasteiger partial charge in [0, 0.05) is 27.4 Å². The number of hydrogen-bond donors (Lipinski definition) is 3. The van der Waals surface area contributed by atoms with Gasteiger partial charge in [-0.25, -0.2) is 4.39 Å². The molecule has 2 aromatic rings. The first-order chi connectivity index (χ1) is 9.93. The summed E-state index contributed by atoms with van der Waals surface area (Å²) < 4.78 is 14.2. The van der Waals surface area contributed by atoms with Crippen LogP contribution in [0.2, 0.25) is 5.02 Å². The first-order valence-electron chi connectivity index (χ1n) is 6.51. The molecule has 1 atom stereocenters. The number of nitrogens with two attached hydrogens (primary N) is 2. The molecule has 0 bridgehead atoms. The Labute approximate surface area is 127 Å². The number of nitrogens with one attached hydrogen (secondary N) is 1. The van der Waals surface area contributed by atoms with Gasteiger partial charge in [0.1, 0.15) is 11.5 Å². The second kappa shape index (κ2) is 4.76. The van der Waals surface area contributed by atoms with E-state index in [9.17, 15) is 4.39 Å². The highest BCUT2D eigenvalue weighted by molar-refractivity contribution is 6.30. The van der Waals surface area contributed by atoms with Crippen LogP contribution in [0.25, 0.3) is 6.08 Å². The molecule has 0 saturated heterocycles. The summed E-state index contributed by atoms with van der Waals surface area (Å²) in [5.41, 5.74) is 14.8. The van der Waals surface area contributed by atoms with Gasteiger partial charge in [-0.2, -0.15) is 0 Å². The third-order valence-electron chi connectivity index (χ3n) is 3.84. The van der Waals surface area contributed by atoms with E-state index in [-0.39, 0.29) is 5.56 Å². The van der Waals surface area contributed by atoms with Crippen LogP contribution in [-0.4, -0.2) is 0 Å². The molecule has 5 heteroatoms. The van der Waals surface area contributed by atoms with Crippen molar-refractivity contribution in [3.05, 3.63) is 69.6 Å². The molecule has 1 aliphatic heterocycles. The lowest BCUT2D eigenvalue weighted by Crippen LogP contribution is -2.51. The molecule has 0 fully saturated rings. The molecule has 0 aromatic heterocycles. The van der Waals surface area contributed by atoms with E-state index in [0.717, 1.165) is 11.1 Å². The maximum Gasteiger partial charge on any atom is 0.142 e. The second-order valence-electron chi connectivity index (χ2n) is 5.17. The molecule has 1 aliphatic rings. The Morgan fingerprint density at radius 3 is 2.71 bits per heavy atom. The van der Waals surface area contributed by atoms with Gasteiger partial charge in [0.2, 0.25) is 0 Å². The fraction of sp³-hybridized carbons (Fsp3) is 0.125. The Morgan fingerprint density at radius 2 is 1.95 bits per heavy atom. The van der Waals surface area contributed by atoms with Crippen LogP contribution in [-0.2, 0) is 5.66 Å². The van der Waals surface area contributed by atoms with Gasteiger partial charge < -0.3 is 16.8 Å². The highest BCUT2D eigenvalue weighted by Crippen LogP contribution is 2.36. The SMILES string of the molecule is Cc1ccc2c(c1N)C=CNC2(N)c1cc(Cl)ccc1F. The first kappa shape index (κ1) is 13.9. The van der Waals surface area contributed by atoms with E-state index in [1.54, 1.807) is 6.20 Å². The highest BCUT2D eigenvalue weighted by Gasteiger charge is 2.35. The molecule has 2 aromatic carbocycles. The van der Waals surface area contributed by atoms with E-state index >= 15 is 0 Å². The van der Waals surface area contributed by atoms with Crippen molar-refractivity contribution >= 4 is 23.4 Å². The largest absolute Gasteiger partial charge is 0.398 e. The van der Waals surface area contributed by atoms with Crippen molar-refractivity contribution in [1.29, 1.82) is 0 Å². The normalized spacial score (nSPS) is 20.0. The third kappa shape index (κ3) is 2.07. The van der Waals surface area contributed by atoms with Crippen molar-refractivity contribution in [3.63, 3.8) is 0 Å². The van der Waals surface area contributed by atoms with Gasteiger partial charge in [-0.05, 0) is 43.0 Å². The number of fused-ring (bicyclic) bond motifs is 1. The predicted octanol–water partition coefficient (Wildman–Crippen LogP) is 3.10. The average Bonchev–Trinajstić information content (AvgIpc) is 2.46. The maximum absolute atomic E-state index is 14.2. The minimum Gasteiger partial charge on any atom is -0.398 e. The predicted molar refractivity (Wildman–Crippen MR) is 84.1 cm³/mol. The molecule has 1 unspecified atom stereocenters. The van der Waals surface area contributed by atoms with E-state index in [2.05, 4.69) is 5.32 Å². The first-order valence-corrected chi connectivity index (χ1v) is 6.89. The Hall–Kier alpha value is -2.04. The zero-order valence-corrected chi connectivity index (χ0v) is 12.2. The van der Waals surface area contributed by atoms with Gasteiger partial charge >= 0.3 is 0 Å². The Balaban J connectivity index is 2.27. The molecule has 0 radical (unpaired) electrons. The number of hydrogen-bond acceptors (Lipinski definition) is 3. The molecular formula is C16H15ClFN3. The van der Waals surface area contributed by atoms with E-state index in [4.69, 9.17) is 23.1 Å².